The second kappa shape index (κ2) is 15.7. The van der Waals surface area contributed by atoms with Crippen LogP contribution in [0.4, 0.5) is 32.2 Å². The molecule has 3 aromatic carbocycles. The molecule has 0 spiro atoms. The van der Waals surface area contributed by atoms with Crippen LogP contribution < -0.4 is 10.6 Å². The van der Waals surface area contributed by atoms with Crippen molar-refractivity contribution in [1.29, 1.82) is 0 Å². The lowest BCUT2D eigenvalue weighted by Crippen LogP contribution is -2.47. The van der Waals surface area contributed by atoms with E-state index in [4.69, 9.17) is 10.5 Å². The van der Waals surface area contributed by atoms with E-state index < -0.39 is 58.9 Å². The third-order valence-corrected chi connectivity index (χ3v) is 9.39. The number of allylic oxidation sites excluding steroid dienone is 2. The number of esters is 1. The number of rotatable bonds is 8. The molecule has 6 rings (SSSR count). The fourth-order valence-corrected chi connectivity index (χ4v) is 6.64. The number of carbonyl (C=O) groups is 2. The summed E-state index contributed by atoms with van der Waals surface area (Å²) in [4.78, 5) is 35.2. The molecular weight excluding hydrogens is 714 g/mol. The molecule has 8 nitrogen and oxygen atoms in total. The minimum absolute atomic E-state index is 0.0340. The quantitative estimate of drug-likeness (QED) is 0.141. The molecule has 14 heteroatoms. The van der Waals surface area contributed by atoms with Gasteiger partial charge in [-0.1, -0.05) is 91.0 Å². The standard InChI is InChI=1S/C40H34F6N4O4/c41-39(42,43)30-22-48-32(21-29(30)38(53)54-23-24-10-4-1-5-11-24)50-18-16-27(17-19-50)35(47)33-31(49-37(52)36(51)34(33)40(44,45)46)20-28(25-12-6-2-7-13-25)26-14-8-3-9-15-26/h1-15,20-22,27,34,36,51H,16-19,23,47H2/t34?,36-/m1/s1. The Kier molecular flexibility index (Phi) is 11.0. The molecule has 1 saturated heterocycles. The van der Waals surface area contributed by atoms with Gasteiger partial charge in [0.1, 0.15) is 18.3 Å². The average molecular weight is 749 g/mol. The zero-order valence-electron chi connectivity index (χ0n) is 28.5. The molecule has 1 fully saturated rings. The van der Waals surface area contributed by atoms with Crippen molar-refractivity contribution in [2.75, 3.05) is 18.0 Å². The summed E-state index contributed by atoms with van der Waals surface area (Å²) in [5, 5.41) is 10.6. The van der Waals surface area contributed by atoms with Gasteiger partial charge in [-0.3, -0.25) is 4.79 Å². The van der Waals surface area contributed by atoms with Gasteiger partial charge in [0.2, 0.25) is 0 Å². The summed E-state index contributed by atoms with van der Waals surface area (Å²) in [6.45, 7) is -0.0730. The number of aliphatic hydroxyl groups excluding tert-OH is 1. The van der Waals surface area contributed by atoms with Gasteiger partial charge in [-0.15, -0.1) is 0 Å². The molecule has 0 bridgehead atoms. The van der Waals surface area contributed by atoms with E-state index in [-0.39, 0.29) is 49.8 Å². The first kappa shape index (κ1) is 38.0. The number of hydrogen-bond acceptors (Lipinski definition) is 7. The average Bonchev–Trinajstić information content (AvgIpc) is 3.17. The summed E-state index contributed by atoms with van der Waals surface area (Å²) in [7, 11) is 0. The Morgan fingerprint density at radius 2 is 1.44 bits per heavy atom. The Morgan fingerprint density at radius 3 is 1.98 bits per heavy atom. The number of aliphatic hydroxyl groups is 1. The van der Waals surface area contributed by atoms with Gasteiger partial charge in [0.05, 0.1) is 16.8 Å². The van der Waals surface area contributed by atoms with Crippen LogP contribution in [-0.2, 0) is 22.3 Å². The second-order valence-corrected chi connectivity index (χ2v) is 12.9. The minimum atomic E-state index is -5.08. The van der Waals surface area contributed by atoms with E-state index in [1.165, 1.54) is 6.08 Å². The maximum atomic E-state index is 14.7. The Balaban J connectivity index is 1.32. The smallest absolute Gasteiger partial charge is 0.418 e. The molecule has 1 unspecified atom stereocenters. The van der Waals surface area contributed by atoms with Gasteiger partial charge in [-0.05, 0) is 47.2 Å². The zero-order chi connectivity index (χ0) is 38.6. The lowest BCUT2D eigenvalue weighted by Gasteiger charge is -2.36. The molecule has 1 aromatic heterocycles. The molecule has 0 aliphatic carbocycles. The highest BCUT2D eigenvalue weighted by molar-refractivity contribution is 6.20. The molecule has 3 N–H and O–H groups in total. The van der Waals surface area contributed by atoms with E-state index in [0.717, 1.165) is 6.07 Å². The van der Waals surface area contributed by atoms with Gasteiger partial charge in [0.25, 0.3) is 5.91 Å². The highest BCUT2D eigenvalue weighted by Crippen LogP contribution is 2.42. The monoisotopic (exact) mass is 748 g/mol. The minimum Gasteiger partial charge on any atom is -0.457 e. The number of carbonyl (C=O) groups excluding carboxylic acids is 2. The van der Waals surface area contributed by atoms with Crippen LogP contribution in [0.3, 0.4) is 0 Å². The SMILES string of the molecule is NC(=C1C(C=C(c2ccccc2)c2ccccc2)=NC(=O)[C@H](O)C1C(F)(F)F)C1CCN(c2cc(C(=O)OCc3ccccc3)c(C(F)(F)F)cn2)CC1. The molecule has 4 aromatic rings. The Morgan fingerprint density at radius 1 is 0.889 bits per heavy atom. The summed E-state index contributed by atoms with van der Waals surface area (Å²) < 4.78 is 91.2. The molecular formula is C40H34F6N4O4. The summed E-state index contributed by atoms with van der Waals surface area (Å²) >= 11 is 0. The number of piperidine rings is 1. The van der Waals surface area contributed by atoms with Gasteiger partial charge in [0.15, 0.2) is 6.10 Å². The van der Waals surface area contributed by atoms with Crippen LogP contribution in [0.25, 0.3) is 5.57 Å². The van der Waals surface area contributed by atoms with Crippen molar-refractivity contribution >= 4 is 29.0 Å². The Bertz CT molecular complexity index is 2030. The van der Waals surface area contributed by atoms with Crippen molar-refractivity contribution in [3.63, 3.8) is 0 Å². The van der Waals surface area contributed by atoms with E-state index in [0.29, 0.717) is 28.5 Å². The summed E-state index contributed by atoms with van der Waals surface area (Å²) in [6.07, 6.45) is -10.3. The lowest BCUT2D eigenvalue weighted by atomic mass is 9.79. The number of pyridine rings is 1. The highest BCUT2D eigenvalue weighted by Gasteiger charge is 2.53. The van der Waals surface area contributed by atoms with Crippen molar-refractivity contribution in [2.45, 2.75) is 37.9 Å². The molecule has 1 amide bonds. The Hall–Kier alpha value is -5.76. The van der Waals surface area contributed by atoms with Crippen molar-refractivity contribution in [2.24, 2.45) is 22.6 Å². The van der Waals surface area contributed by atoms with Gasteiger partial charge in [-0.2, -0.15) is 26.3 Å². The first-order chi connectivity index (χ1) is 25.7. The van der Waals surface area contributed by atoms with Gasteiger partial charge < -0.3 is 20.5 Å². The summed E-state index contributed by atoms with van der Waals surface area (Å²) in [5.41, 5.74) is 5.80. The number of benzene rings is 3. The summed E-state index contributed by atoms with van der Waals surface area (Å²) in [5.74, 6) is -5.90. The van der Waals surface area contributed by atoms with Crippen LogP contribution >= 0.6 is 0 Å². The normalized spacial score (nSPS) is 19.2. The number of alkyl halides is 6. The van der Waals surface area contributed by atoms with Crippen LogP contribution in [0.15, 0.2) is 126 Å². The van der Waals surface area contributed by atoms with E-state index in [2.05, 4.69) is 9.98 Å². The van der Waals surface area contributed by atoms with Crippen molar-refractivity contribution in [3.05, 3.63) is 148 Å². The number of amides is 1. The molecule has 54 heavy (non-hydrogen) atoms. The number of hydrogen-bond donors (Lipinski definition) is 2. The maximum Gasteiger partial charge on any atom is 0.418 e. The predicted molar refractivity (Wildman–Crippen MR) is 189 cm³/mol. The molecule has 2 atom stereocenters. The molecule has 2 aliphatic heterocycles. The van der Waals surface area contributed by atoms with Crippen molar-refractivity contribution in [1.82, 2.24) is 4.98 Å². The number of nitrogens with zero attached hydrogens (tertiary/aromatic N) is 3. The van der Waals surface area contributed by atoms with E-state index in [1.54, 1.807) is 95.9 Å². The largest absolute Gasteiger partial charge is 0.457 e. The predicted octanol–water partition coefficient (Wildman–Crippen LogP) is 7.54. The first-order valence-electron chi connectivity index (χ1n) is 17.0. The van der Waals surface area contributed by atoms with Crippen LogP contribution in [0.5, 0.6) is 0 Å². The first-order valence-corrected chi connectivity index (χ1v) is 17.0. The van der Waals surface area contributed by atoms with Crippen LogP contribution in [-0.4, -0.2) is 53.0 Å². The highest BCUT2D eigenvalue weighted by atomic mass is 19.4. The third-order valence-electron chi connectivity index (χ3n) is 9.39. The maximum absolute atomic E-state index is 14.7. The number of nitrogens with two attached hydrogens (primary N) is 1. The number of halogens is 6. The fraction of sp³-hybridized carbons (Fsp3) is 0.250. The zero-order valence-corrected chi connectivity index (χ0v) is 28.5. The van der Waals surface area contributed by atoms with Crippen LogP contribution in [0.2, 0.25) is 0 Å². The van der Waals surface area contributed by atoms with Gasteiger partial charge >= 0.3 is 18.3 Å². The van der Waals surface area contributed by atoms with E-state index in [1.807, 2.05) is 0 Å². The van der Waals surface area contributed by atoms with Gasteiger partial charge in [-0.25, -0.2) is 14.8 Å². The number of anilines is 1. The van der Waals surface area contributed by atoms with Crippen LogP contribution in [0.1, 0.15) is 45.5 Å². The van der Waals surface area contributed by atoms with E-state index in [9.17, 15) is 41.0 Å². The van der Waals surface area contributed by atoms with Crippen molar-refractivity contribution < 1.29 is 45.8 Å². The fourth-order valence-electron chi connectivity index (χ4n) is 6.64. The number of ether oxygens (including phenoxy) is 1. The number of aromatic nitrogens is 1. The summed E-state index contributed by atoms with van der Waals surface area (Å²) in [6, 6.07) is 27.0. The Labute approximate surface area is 306 Å². The molecule has 280 valence electrons. The molecule has 0 radical (unpaired) electrons. The lowest BCUT2D eigenvalue weighted by molar-refractivity contribution is -0.190. The van der Waals surface area contributed by atoms with E-state index >= 15 is 0 Å². The molecule has 3 heterocycles. The van der Waals surface area contributed by atoms with Crippen LogP contribution in [0, 0.1) is 11.8 Å². The second-order valence-electron chi connectivity index (χ2n) is 12.9. The van der Waals surface area contributed by atoms with Gasteiger partial charge in [0, 0.05) is 36.5 Å². The topological polar surface area (TPSA) is 118 Å². The number of aliphatic imine (C=N–C) groups is 1. The molecule has 0 saturated carbocycles. The van der Waals surface area contributed by atoms with Crippen molar-refractivity contribution in [3.8, 4) is 0 Å². The molecule has 2 aliphatic rings. The third kappa shape index (κ3) is 8.38.